The molecule has 0 amide bonds. The minimum atomic E-state index is -0.841. The van der Waals surface area contributed by atoms with Crippen LogP contribution in [0.3, 0.4) is 0 Å². The Labute approximate surface area is 129 Å². The minimum absolute atomic E-state index is 0.0379. The second kappa shape index (κ2) is 8.42. The quantitative estimate of drug-likeness (QED) is 0.729. The van der Waals surface area contributed by atoms with E-state index in [0.29, 0.717) is 12.3 Å². The van der Waals surface area contributed by atoms with E-state index < -0.39 is 9.76 Å². The molecule has 110 valence electrons. The molecule has 0 aliphatic rings. The summed E-state index contributed by atoms with van der Waals surface area (Å²) in [5, 5.41) is 0. The van der Waals surface area contributed by atoms with Crippen LogP contribution < -0.4 is 0 Å². The molecule has 2 aromatic rings. The molecule has 2 rings (SSSR count). The van der Waals surface area contributed by atoms with Crippen molar-refractivity contribution in [1.82, 2.24) is 0 Å². The highest BCUT2D eigenvalue weighted by atomic mass is 28.2. The van der Waals surface area contributed by atoms with E-state index in [4.69, 9.17) is 4.43 Å². The molecule has 2 nitrogen and oxygen atoms in total. The fourth-order valence-corrected chi connectivity index (χ4v) is 3.86. The highest BCUT2D eigenvalue weighted by molar-refractivity contribution is 6.30. The Morgan fingerprint density at radius 2 is 1.52 bits per heavy atom. The van der Waals surface area contributed by atoms with Crippen LogP contribution in [0.25, 0.3) is 0 Å². The first-order chi connectivity index (χ1) is 10.3. The third-order valence-electron chi connectivity index (χ3n) is 3.53. The lowest BCUT2D eigenvalue weighted by atomic mass is 9.93. The van der Waals surface area contributed by atoms with Crippen molar-refractivity contribution in [1.29, 1.82) is 0 Å². The van der Waals surface area contributed by atoms with Crippen molar-refractivity contribution < 1.29 is 9.22 Å². The van der Waals surface area contributed by atoms with Gasteiger partial charge in [-0.15, -0.1) is 0 Å². The fourth-order valence-electron chi connectivity index (χ4n) is 2.46. The topological polar surface area (TPSA) is 26.3 Å². The van der Waals surface area contributed by atoms with Gasteiger partial charge in [-0.3, -0.25) is 4.79 Å². The van der Waals surface area contributed by atoms with Crippen molar-refractivity contribution in [3.05, 3.63) is 71.8 Å². The highest BCUT2D eigenvalue weighted by Crippen LogP contribution is 2.28. The Morgan fingerprint density at radius 1 is 1.00 bits per heavy atom. The van der Waals surface area contributed by atoms with E-state index >= 15 is 0 Å². The van der Waals surface area contributed by atoms with E-state index in [9.17, 15) is 4.79 Å². The summed E-state index contributed by atoms with van der Waals surface area (Å²) in [5.74, 6) is 0.289. The molecule has 0 bridgehead atoms. The van der Waals surface area contributed by atoms with Crippen LogP contribution in [0.15, 0.2) is 60.7 Å². The number of benzene rings is 2. The molecule has 3 heteroatoms. The van der Waals surface area contributed by atoms with E-state index in [1.807, 2.05) is 19.1 Å². The van der Waals surface area contributed by atoms with Gasteiger partial charge in [0, 0.05) is 12.3 Å². The Bertz CT molecular complexity index is 500. The third-order valence-corrected chi connectivity index (χ3v) is 4.87. The fraction of sp³-hybridized carbons (Fsp3) is 0.278. The molecule has 0 unspecified atom stereocenters. The normalized spacial score (nSPS) is 11.1. The smallest absolute Gasteiger partial charge is 0.292 e. The van der Waals surface area contributed by atoms with Gasteiger partial charge in [0.2, 0.25) is 9.76 Å². The lowest BCUT2D eigenvalue weighted by molar-refractivity contribution is -0.134. The van der Waals surface area contributed by atoms with Gasteiger partial charge in [-0.2, -0.15) is 0 Å². The number of rotatable bonds is 7. The number of carbonyl (C=O) groups is 1. The molecule has 0 aromatic heterocycles. The third kappa shape index (κ3) is 4.87. The zero-order valence-corrected chi connectivity index (χ0v) is 13.9. The number of hydrogen-bond acceptors (Lipinski definition) is 2. The Kier molecular flexibility index (Phi) is 6.22. The van der Waals surface area contributed by atoms with Crippen molar-refractivity contribution in [2.45, 2.75) is 31.7 Å². The van der Waals surface area contributed by atoms with E-state index in [0.717, 1.165) is 12.5 Å². The average Bonchev–Trinajstić information content (AvgIpc) is 2.53. The zero-order chi connectivity index (χ0) is 14.9. The second-order valence-corrected chi connectivity index (χ2v) is 6.41. The molecule has 0 saturated heterocycles. The molecular weight excluding hydrogens is 276 g/mol. The van der Waals surface area contributed by atoms with Crippen LogP contribution in [0.2, 0.25) is 6.04 Å². The van der Waals surface area contributed by atoms with Gasteiger partial charge < -0.3 is 4.43 Å². The van der Waals surface area contributed by atoms with Crippen LogP contribution >= 0.6 is 0 Å². The van der Waals surface area contributed by atoms with E-state index in [2.05, 4.69) is 48.5 Å². The van der Waals surface area contributed by atoms with Gasteiger partial charge in [-0.25, -0.2) is 0 Å². The molecule has 0 atom stereocenters. The largest absolute Gasteiger partial charge is 0.525 e. The molecule has 0 radical (unpaired) electrons. The first kappa shape index (κ1) is 15.5. The Morgan fingerprint density at radius 3 is 2.00 bits per heavy atom. The minimum Gasteiger partial charge on any atom is -0.525 e. The summed E-state index contributed by atoms with van der Waals surface area (Å²) in [4.78, 5) is 11.5. The summed E-state index contributed by atoms with van der Waals surface area (Å²) in [6, 6.07) is 21.9. The van der Waals surface area contributed by atoms with Gasteiger partial charge in [-0.05, 0) is 23.6 Å². The molecule has 21 heavy (non-hydrogen) atoms. The van der Waals surface area contributed by atoms with Crippen LogP contribution in [-0.2, 0) is 9.22 Å². The van der Waals surface area contributed by atoms with E-state index in [1.165, 1.54) is 11.1 Å². The second-order valence-electron chi connectivity index (χ2n) is 5.13. The van der Waals surface area contributed by atoms with Gasteiger partial charge in [0.25, 0.3) is 5.97 Å². The summed E-state index contributed by atoms with van der Waals surface area (Å²) in [6.07, 6.45) is 1.39. The van der Waals surface area contributed by atoms with Crippen molar-refractivity contribution in [2.24, 2.45) is 0 Å². The van der Waals surface area contributed by atoms with Gasteiger partial charge in [0.05, 0.1) is 0 Å². The van der Waals surface area contributed by atoms with Crippen LogP contribution in [0, 0.1) is 0 Å². The first-order valence-corrected chi connectivity index (χ1v) is 9.14. The Balaban J connectivity index is 2.05. The van der Waals surface area contributed by atoms with Crippen LogP contribution in [0.1, 0.15) is 36.8 Å². The average molecular weight is 298 g/mol. The van der Waals surface area contributed by atoms with Crippen molar-refractivity contribution >= 4 is 15.7 Å². The number of hydrogen-bond donors (Lipinski definition) is 0. The van der Waals surface area contributed by atoms with Crippen LogP contribution in [0.4, 0.5) is 0 Å². The van der Waals surface area contributed by atoms with Crippen molar-refractivity contribution in [3.8, 4) is 0 Å². The monoisotopic (exact) mass is 298 g/mol. The van der Waals surface area contributed by atoms with Crippen molar-refractivity contribution in [3.63, 3.8) is 0 Å². The molecule has 0 fully saturated rings. The molecular formula is C18H22O2Si. The van der Waals surface area contributed by atoms with Gasteiger partial charge >= 0.3 is 0 Å². The van der Waals surface area contributed by atoms with Gasteiger partial charge in [-0.1, -0.05) is 67.6 Å². The molecule has 0 heterocycles. The summed E-state index contributed by atoms with van der Waals surface area (Å²) in [5.41, 5.74) is 2.59. The maximum absolute atomic E-state index is 11.5. The van der Waals surface area contributed by atoms with Crippen molar-refractivity contribution in [2.75, 3.05) is 0 Å². The first-order valence-electron chi connectivity index (χ1n) is 7.56. The summed E-state index contributed by atoms with van der Waals surface area (Å²) in [6.45, 7) is 2.00. The molecule has 0 N–H and O–H groups in total. The maximum atomic E-state index is 11.5. The summed E-state index contributed by atoms with van der Waals surface area (Å²) >= 11 is 0. The van der Waals surface area contributed by atoms with Gasteiger partial charge in [0.1, 0.15) is 0 Å². The molecule has 0 aliphatic carbocycles. The Hall–Kier alpha value is -1.87. The predicted octanol–water partition coefficient (Wildman–Crippen LogP) is 3.66. The van der Waals surface area contributed by atoms with E-state index in [-0.39, 0.29) is 5.97 Å². The zero-order valence-electron chi connectivity index (χ0n) is 12.5. The summed E-state index contributed by atoms with van der Waals surface area (Å²) in [7, 11) is -0.841. The molecule has 0 aliphatic heterocycles. The summed E-state index contributed by atoms with van der Waals surface area (Å²) < 4.78 is 5.46. The van der Waals surface area contributed by atoms with Crippen LogP contribution in [-0.4, -0.2) is 15.7 Å². The van der Waals surface area contributed by atoms with E-state index in [1.54, 1.807) is 0 Å². The lowest BCUT2D eigenvalue weighted by Crippen LogP contribution is -2.12. The lowest BCUT2D eigenvalue weighted by Gasteiger charge is -2.17. The van der Waals surface area contributed by atoms with Crippen LogP contribution in [0.5, 0.6) is 0 Å². The van der Waals surface area contributed by atoms with Gasteiger partial charge in [0.15, 0.2) is 0 Å². The maximum Gasteiger partial charge on any atom is 0.292 e. The molecule has 2 aromatic carbocycles. The molecule has 0 saturated carbocycles. The predicted molar refractivity (Wildman–Crippen MR) is 89.1 cm³/mol. The standard InChI is InChI=1S/C18H22O2Si/c1-2-9-18(19)20-21-14-17(15-10-5-3-6-11-15)16-12-7-4-8-13-16/h3-8,10-13,17H,2,9,14,21H2,1H3. The SMILES string of the molecule is CCCC(=O)O[SiH2]CC(c1ccccc1)c1ccccc1. The molecule has 0 spiro atoms. The number of carbonyl (C=O) groups excluding carboxylic acids is 1. The highest BCUT2D eigenvalue weighted by Gasteiger charge is 2.15.